The number of rotatable bonds is 2. The van der Waals surface area contributed by atoms with Crippen LogP contribution < -0.4 is 5.56 Å². The fourth-order valence-corrected chi connectivity index (χ4v) is 2.68. The van der Waals surface area contributed by atoms with Gasteiger partial charge in [-0.3, -0.25) is 9.69 Å². The molecule has 0 aliphatic carbocycles. The highest BCUT2D eigenvalue weighted by molar-refractivity contribution is 5.33. The minimum atomic E-state index is -4.71. The number of phenolic OH excluding ortho intramolecular Hbond substituents is 1. The van der Waals surface area contributed by atoms with E-state index in [2.05, 4.69) is 4.98 Å². The molecule has 2 N–H and O–H groups in total. The second kappa shape index (κ2) is 5.90. The number of aromatic nitrogens is 2. The minimum Gasteiger partial charge on any atom is -0.505 e. The molecule has 0 bridgehead atoms. The summed E-state index contributed by atoms with van der Waals surface area (Å²) < 4.78 is 51.4. The molecule has 2 aromatic rings. The van der Waals surface area contributed by atoms with Gasteiger partial charge in [-0.15, -0.1) is 0 Å². The Kier molecular flexibility index (Phi) is 4.04. The first kappa shape index (κ1) is 16.4. The maximum atomic E-state index is 13.4. The van der Waals surface area contributed by atoms with Gasteiger partial charge in [-0.25, -0.2) is 9.37 Å². The zero-order valence-electron chi connectivity index (χ0n) is 12.3. The number of hydrogen-bond donors (Lipinski definition) is 2. The van der Waals surface area contributed by atoms with Gasteiger partial charge in [0.1, 0.15) is 0 Å². The van der Waals surface area contributed by atoms with Gasteiger partial charge in [-0.05, 0) is 6.07 Å². The fraction of sp³-hybridized carbons (Fsp3) is 0.333. The van der Waals surface area contributed by atoms with E-state index in [0.29, 0.717) is 12.1 Å². The Morgan fingerprint density at radius 3 is 2.79 bits per heavy atom. The maximum Gasteiger partial charge on any atom is 0.449 e. The van der Waals surface area contributed by atoms with Crippen molar-refractivity contribution in [3.05, 3.63) is 57.0 Å². The molecule has 5 nitrogen and oxygen atoms in total. The summed E-state index contributed by atoms with van der Waals surface area (Å²) in [6.07, 6.45) is -4.54. The summed E-state index contributed by atoms with van der Waals surface area (Å²) in [6.45, 7) is 0.589. The van der Waals surface area contributed by atoms with E-state index in [4.69, 9.17) is 0 Å². The smallest absolute Gasteiger partial charge is 0.449 e. The van der Waals surface area contributed by atoms with Crippen LogP contribution in [-0.2, 0) is 25.7 Å². The molecule has 2 heterocycles. The molecule has 3 rings (SSSR count). The van der Waals surface area contributed by atoms with Crippen LogP contribution in [0.15, 0.2) is 23.0 Å². The first-order chi connectivity index (χ1) is 11.3. The average Bonchev–Trinajstić information content (AvgIpc) is 2.51. The van der Waals surface area contributed by atoms with Gasteiger partial charge < -0.3 is 10.1 Å². The molecule has 1 aliphatic heterocycles. The van der Waals surface area contributed by atoms with E-state index in [9.17, 15) is 27.5 Å². The Labute approximate surface area is 133 Å². The van der Waals surface area contributed by atoms with Crippen LogP contribution in [0.5, 0.6) is 5.75 Å². The summed E-state index contributed by atoms with van der Waals surface area (Å²) in [5, 5.41) is 9.70. The number of halogens is 4. The van der Waals surface area contributed by atoms with E-state index in [1.807, 2.05) is 0 Å². The van der Waals surface area contributed by atoms with E-state index in [1.165, 1.54) is 6.07 Å². The molecule has 9 heteroatoms. The van der Waals surface area contributed by atoms with Crippen LogP contribution >= 0.6 is 0 Å². The molecule has 24 heavy (non-hydrogen) atoms. The second-order valence-corrected chi connectivity index (χ2v) is 5.55. The summed E-state index contributed by atoms with van der Waals surface area (Å²) in [5.74, 6) is -2.52. The maximum absolute atomic E-state index is 13.4. The molecule has 1 aromatic heterocycles. The van der Waals surface area contributed by atoms with E-state index in [1.54, 1.807) is 16.0 Å². The lowest BCUT2D eigenvalue weighted by atomic mass is 10.1. The predicted molar refractivity (Wildman–Crippen MR) is 75.7 cm³/mol. The van der Waals surface area contributed by atoms with E-state index in [-0.39, 0.29) is 30.8 Å². The summed E-state index contributed by atoms with van der Waals surface area (Å²) in [7, 11) is 0. The fourth-order valence-electron chi connectivity index (χ4n) is 2.68. The highest BCUT2D eigenvalue weighted by atomic mass is 19.4. The third-order valence-electron chi connectivity index (χ3n) is 3.88. The summed E-state index contributed by atoms with van der Waals surface area (Å²) in [6, 6.07) is 4.12. The number of H-pyrrole nitrogens is 1. The quantitative estimate of drug-likeness (QED) is 0.821. The number of aromatic amines is 1. The monoisotopic (exact) mass is 343 g/mol. The van der Waals surface area contributed by atoms with Gasteiger partial charge in [0.2, 0.25) is 5.82 Å². The molecule has 0 atom stereocenters. The summed E-state index contributed by atoms with van der Waals surface area (Å²) >= 11 is 0. The molecule has 0 fully saturated rings. The van der Waals surface area contributed by atoms with Crippen LogP contribution in [0.3, 0.4) is 0 Å². The Morgan fingerprint density at radius 2 is 2.08 bits per heavy atom. The van der Waals surface area contributed by atoms with Crippen molar-refractivity contribution in [2.24, 2.45) is 0 Å². The summed E-state index contributed by atoms with van der Waals surface area (Å²) in [5.41, 5.74) is -0.217. The molecule has 0 radical (unpaired) electrons. The number of nitrogens with one attached hydrogen (secondary N) is 1. The number of alkyl halides is 3. The number of nitrogens with zero attached hydrogens (tertiary/aromatic N) is 2. The first-order valence-electron chi connectivity index (χ1n) is 7.13. The Hall–Kier alpha value is -2.42. The molecule has 0 amide bonds. The molecule has 0 saturated heterocycles. The SMILES string of the molecule is O=c1[nH]c(C(F)(F)F)nc2c1CN(Cc1cccc(F)c1O)CC2. The van der Waals surface area contributed by atoms with Gasteiger partial charge in [0.15, 0.2) is 11.6 Å². The zero-order chi connectivity index (χ0) is 17.5. The van der Waals surface area contributed by atoms with E-state index < -0.39 is 29.1 Å². The number of hydrogen-bond acceptors (Lipinski definition) is 4. The summed E-state index contributed by atoms with van der Waals surface area (Å²) in [4.78, 5) is 18.9. The van der Waals surface area contributed by atoms with Crippen molar-refractivity contribution in [2.45, 2.75) is 25.7 Å². The van der Waals surface area contributed by atoms with Crippen LogP contribution in [0.25, 0.3) is 0 Å². The van der Waals surface area contributed by atoms with Gasteiger partial charge in [-0.2, -0.15) is 13.2 Å². The molecule has 128 valence electrons. The van der Waals surface area contributed by atoms with Gasteiger partial charge in [-0.1, -0.05) is 12.1 Å². The third kappa shape index (κ3) is 3.12. The van der Waals surface area contributed by atoms with Crippen molar-refractivity contribution in [1.82, 2.24) is 14.9 Å². The molecule has 1 aromatic carbocycles. The van der Waals surface area contributed by atoms with Gasteiger partial charge >= 0.3 is 6.18 Å². The second-order valence-electron chi connectivity index (χ2n) is 5.55. The van der Waals surface area contributed by atoms with Crippen molar-refractivity contribution in [3.8, 4) is 5.75 Å². The lowest BCUT2D eigenvalue weighted by Gasteiger charge is -2.28. The van der Waals surface area contributed by atoms with Crippen LogP contribution in [-0.4, -0.2) is 26.5 Å². The van der Waals surface area contributed by atoms with Crippen molar-refractivity contribution in [1.29, 1.82) is 0 Å². The molecular formula is C15H13F4N3O2. The van der Waals surface area contributed by atoms with Gasteiger partial charge in [0, 0.05) is 31.6 Å². The predicted octanol–water partition coefficient (Wildman–Crippen LogP) is 2.19. The number of fused-ring (bicyclic) bond motifs is 1. The number of para-hydroxylation sites is 1. The van der Waals surface area contributed by atoms with Crippen LogP contribution in [0.1, 0.15) is 22.6 Å². The topological polar surface area (TPSA) is 69.2 Å². The zero-order valence-corrected chi connectivity index (χ0v) is 12.3. The highest BCUT2D eigenvalue weighted by Crippen LogP contribution is 2.27. The van der Waals surface area contributed by atoms with Crippen LogP contribution in [0.2, 0.25) is 0 Å². The molecule has 0 saturated carbocycles. The van der Waals surface area contributed by atoms with E-state index >= 15 is 0 Å². The third-order valence-corrected chi connectivity index (χ3v) is 3.88. The Morgan fingerprint density at radius 1 is 1.33 bits per heavy atom. The van der Waals surface area contributed by atoms with Crippen molar-refractivity contribution < 1.29 is 22.7 Å². The van der Waals surface area contributed by atoms with Crippen molar-refractivity contribution in [3.63, 3.8) is 0 Å². The lowest BCUT2D eigenvalue weighted by molar-refractivity contribution is -0.145. The number of benzene rings is 1. The molecule has 1 aliphatic rings. The minimum absolute atomic E-state index is 0.0752. The number of aromatic hydroxyl groups is 1. The Bertz CT molecular complexity index is 832. The molecule has 0 spiro atoms. The Balaban J connectivity index is 1.85. The van der Waals surface area contributed by atoms with E-state index in [0.717, 1.165) is 6.07 Å². The number of phenols is 1. The van der Waals surface area contributed by atoms with Crippen molar-refractivity contribution in [2.75, 3.05) is 6.54 Å². The molecule has 0 unspecified atom stereocenters. The standard InChI is InChI=1S/C15H13F4N3O2/c16-10-3-1-2-8(12(10)23)6-22-5-4-11-9(7-22)13(24)21-14(20-11)15(17,18)19/h1-3,23H,4-7H2,(H,20,21,24). The largest absolute Gasteiger partial charge is 0.505 e. The highest BCUT2D eigenvalue weighted by Gasteiger charge is 2.36. The average molecular weight is 343 g/mol. The van der Waals surface area contributed by atoms with Gasteiger partial charge in [0.05, 0.1) is 11.3 Å². The van der Waals surface area contributed by atoms with Crippen LogP contribution in [0, 0.1) is 5.82 Å². The van der Waals surface area contributed by atoms with Gasteiger partial charge in [0.25, 0.3) is 5.56 Å². The first-order valence-corrected chi connectivity index (χ1v) is 7.13. The van der Waals surface area contributed by atoms with Crippen molar-refractivity contribution >= 4 is 0 Å². The molecular weight excluding hydrogens is 330 g/mol. The van der Waals surface area contributed by atoms with Crippen LogP contribution in [0.4, 0.5) is 17.6 Å². The normalized spacial score (nSPS) is 15.3. The lowest BCUT2D eigenvalue weighted by Crippen LogP contribution is -2.36.